The molecular formula is C4H13AlO10P4. The van der Waals surface area contributed by atoms with Gasteiger partial charge in [0.05, 0.1) is 0 Å². The zero-order valence-corrected chi connectivity index (χ0v) is 15.2. The molecule has 0 aliphatic carbocycles. The first-order chi connectivity index (χ1) is 7.41. The van der Waals surface area contributed by atoms with Gasteiger partial charge in [0.1, 0.15) is 22.8 Å². The van der Waals surface area contributed by atoms with Gasteiger partial charge in [-0.1, -0.05) is 0 Å². The second-order valence-corrected chi connectivity index (χ2v) is 10.8. The number of rotatable bonds is 4. The summed E-state index contributed by atoms with van der Waals surface area (Å²) in [7, 11) is -16.1. The Hall–Kier alpha value is 1.21. The third-order valence-corrected chi connectivity index (χ3v) is 5.37. The summed E-state index contributed by atoms with van der Waals surface area (Å²) in [6.07, 6.45) is 0. The van der Waals surface area contributed by atoms with E-state index in [4.69, 9.17) is 4.89 Å². The van der Waals surface area contributed by atoms with Crippen LogP contribution in [0.15, 0.2) is 0 Å². The summed E-state index contributed by atoms with van der Waals surface area (Å²) in [6, 6.07) is 0. The molecule has 19 heavy (non-hydrogen) atoms. The van der Waals surface area contributed by atoms with Crippen LogP contribution in [0, 0.1) is 0 Å². The second-order valence-electron chi connectivity index (χ2n) is 3.28. The molecule has 0 amide bonds. The van der Waals surface area contributed by atoms with E-state index in [9.17, 15) is 32.9 Å². The molecule has 0 bridgehead atoms. The van der Waals surface area contributed by atoms with E-state index in [1.165, 1.54) is 0 Å². The minimum atomic E-state index is -4.11. The molecule has 0 spiro atoms. The average Bonchev–Trinajstić information content (AvgIpc) is 1.64. The van der Waals surface area contributed by atoms with Crippen LogP contribution in [0.25, 0.3) is 0 Å². The molecule has 4 unspecified atom stereocenters. The Morgan fingerprint density at radius 1 is 0.737 bits per heavy atom. The van der Waals surface area contributed by atoms with Crippen LogP contribution < -0.4 is 14.7 Å². The fourth-order valence-electron chi connectivity index (χ4n) is 0.545. The van der Waals surface area contributed by atoms with Crippen LogP contribution in [0.5, 0.6) is 0 Å². The van der Waals surface area contributed by atoms with Crippen molar-refractivity contribution in [1.82, 2.24) is 0 Å². The molecule has 112 valence electrons. The first-order valence-corrected chi connectivity index (χ1v) is 12.0. The van der Waals surface area contributed by atoms with E-state index >= 15 is 0 Å². The molecule has 0 saturated heterocycles. The normalized spacial score (nSPS) is 23.2. The van der Waals surface area contributed by atoms with Crippen molar-refractivity contribution in [3.05, 3.63) is 0 Å². The molecule has 0 radical (unpaired) electrons. The van der Waals surface area contributed by atoms with Gasteiger partial charge in [0.25, 0.3) is 0 Å². The fraction of sp³-hybridized carbons (Fsp3) is 1.00. The van der Waals surface area contributed by atoms with Gasteiger partial charge in [0, 0.05) is 26.7 Å². The van der Waals surface area contributed by atoms with E-state index in [-0.39, 0.29) is 17.4 Å². The Morgan fingerprint density at radius 2 is 0.947 bits per heavy atom. The number of hydrogen-bond donors (Lipinski definition) is 1. The summed E-state index contributed by atoms with van der Waals surface area (Å²) in [5.74, 6) is 0. The number of hydrogen-bond acceptors (Lipinski definition) is 9. The molecule has 0 aliphatic rings. The monoisotopic (exact) mass is 372 g/mol. The van der Waals surface area contributed by atoms with Gasteiger partial charge in [-0.2, -0.15) is 0 Å². The largest absolute Gasteiger partial charge is 3.00 e. The summed E-state index contributed by atoms with van der Waals surface area (Å²) in [5.41, 5.74) is 0. The second kappa shape index (κ2) is 8.61. The van der Waals surface area contributed by atoms with Gasteiger partial charge in [0.15, 0.2) is 0 Å². The Bertz CT molecular complexity index is 354. The molecule has 0 aliphatic heterocycles. The molecular weight excluding hydrogens is 359 g/mol. The summed E-state index contributed by atoms with van der Waals surface area (Å²) < 4.78 is 47.8. The molecule has 15 heteroatoms. The van der Waals surface area contributed by atoms with Gasteiger partial charge in [-0.15, -0.1) is 0 Å². The zero-order chi connectivity index (χ0) is 15.4. The Kier molecular flexibility index (Phi) is 11.4. The van der Waals surface area contributed by atoms with Crippen molar-refractivity contribution >= 4 is 47.7 Å². The van der Waals surface area contributed by atoms with E-state index in [0.717, 1.165) is 13.3 Å². The SMILES string of the molecule is CP(=O)([O-])OP(C)(=O)O.CP(=O)([O-])OP(C)(=O)[O-].[Al+3]. The van der Waals surface area contributed by atoms with Gasteiger partial charge in [-0.25, -0.2) is 0 Å². The third-order valence-electron chi connectivity index (χ3n) is 0.596. The van der Waals surface area contributed by atoms with Crippen LogP contribution in [-0.4, -0.2) is 48.9 Å². The first-order valence-electron chi connectivity index (χ1n) is 4.00. The van der Waals surface area contributed by atoms with Crippen molar-refractivity contribution in [2.24, 2.45) is 0 Å². The van der Waals surface area contributed by atoms with Crippen molar-refractivity contribution < 1.29 is 46.5 Å². The van der Waals surface area contributed by atoms with Crippen LogP contribution in [0.2, 0.25) is 0 Å². The van der Waals surface area contributed by atoms with Gasteiger partial charge >= 0.3 is 25.0 Å². The summed E-state index contributed by atoms with van der Waals surface area (Å²) in [5, 5.41) is 0. The average molecular weight is 372 g/mol. The van der Waals surface area contributed by atoms with E-state index < -0.39 is 30.4 Å². The maximum absolute atomic E-state index is 10.2. The fourth-order valence-corrected chi connectivity index (χ4v) is 4.90. The van der Waals surface area contributed by atoms with Gasteiger partial charge in [-0.3, -0.25) is 13.2 Å². The van der Waals surface area contributed by atoms with E-state index in [1.54, 1.807) is 0 Å². The van der Waals surface area contributed by atoms with Gasteiger partial charge in [-0.05, 0) is 0 Å². The minimum Gasteiger partial charge on any atom is -0.778 e. The summed E-state index contributed by atoms with van der Waals surface area (Å²) in [4.78, 5) is 38.6. The Morgan fingerprint density at radius 3 is 0.947 bits per heavy atom. The van der Waals surface area contributed by atoms with Crippen LogP contribution in [0.3, 0.4) is 0 Å². The Labute approximate surface area is 121 Å². The molecule has 0 fully saturated rings. The molecule has 1 N–H and O–H groups in total. The van der Waals surface area contributed by atoms with E-state index in [1.807, 2.05) is 0 Å². The molecule has 10 nitrogen and oxygen atoms in total. The standard InChI is InChI=1S/2C2H8O5P2.Al/c2*1-8(3,4)7-9(2,5)6;/h2*1-2H3,(H,3,4)(H,5,6);/q;;+3/p-3. The minimum absolute atomic E-state index is 0. The summed E-state index contributed by atoms with van der Waals surface area (Å²) >= 11 is 0. The molecule has 4 atom stereocenters. The van der Waals surface area contributed by atoms with Crippen LogP contribution in [0.1, 0.15) is 0 Å². The van der Waals surface area contributed by atoms with Crippen molar-refractivity contribution in [1.29, 1.82) is 0 Å². The maximum atomic E-state index is 10.2. The van der Waals surface area contributed by atoms with Gasteiger partial charge < -0.3 is 33.3 Å². The molecule has 0 heterocycles. The zero-order valence-electron chi connectivity index (χ0n) is 10.5. The summed E-state index contributed by atoms with van der Waals surface area (Å²) in [6.45, 7) is 2.93. The molecule has 0 aromatic carbocycles. The van der Waals surface area contributed by atoms with Crippen molar-refractivity contribution in [2.45, 2.75) is 0 Å². The van der Waals surface area contributed by atoms with E-state index in [0.29, 0.717) is 13.3 Å². The third kappa shape index (κ3) is 32.6. The topological polar surface area (TPSA) is 176 Å². The molecule has 0 aromatic heterocycles. The van der Waals surface area contributed by atoms with Gasteiger partial charge in [0.2, 0.25) is 0 Å². The molecule has 0 aromatic rings. The van der Waals surface area contributed by atoms with E-state index in [2.05, 4.69) is 8.62 Å². The predicted octanol–water partition coefficient (Wildman–Crippen LogP) is -1.01. The van der Waals surface area contributed by atoms with Crippen LogP contribution >= 0.6 is 30.4 Å². The van der Waals surface area contributed by atoms with Crippen molar-refractivity contribution in [3.63, 3.8) is 0 Å². The first kappa shape index (κ1) is 25.2. The van der Waals surface area contributed by atoms with Crippen molar-refractivity contribution in [3.8, 4) is 0 Å². The van der Waals surface area contributed by atoms with Crippen LogP contribution in [-0.2, 0) is 26.9 Å². The predicted molar refractivity (Wildman–Crippen MR) is 64.3 cm³/mol. The maximum Gasteiger partial charge on any atom is 3.00 e. The molecule has 0 saturated carbocycles. The Balaban J connectivity index is -0.000000256. The smallest absolute Gasteiger partial charge is 0.778 e. The molecule has 0 rings (SSSR count). The van der Waals surface area contributed by atoms with Crippen molar-refractivity contribution in [2.75, 3.05) is 26.7 Å². The van der Waals surface area contributed by atoms with Crippen LogP contribution in [0.4, 0.5) is 0 Å². The quantitative estimate of drug-likeness (QED) is 0.475.